The van der Waals surface area contributed by atoms with Crippen LogP contribution in [-0.2, 0) is 10.9 Å². The van der Waals surface area contributed by atoms with Gasteiger partial charge >= 0.3 is 0 Å². The molecule has 0 bridgehead atoms. The van der Waals surface area contributed by atoms with Crippen LogP contribution >= 0.6 is 0 Å². The summed E-state index contributed by atoms with van der Waals surface area (Å²) >= 11 is 0. The molecule has 4 aromatic rings. The SMILES string of the molecule is C[C@]1(F)CNC[C@@H](Nc2nccc(-c3cccnc3Oc3ccc(C(N[SH](=O)=O)c4ccccc4)c(F)c3F)n2)C1. The number of ether oxygens (including phenoxy) is 1. The van der Waals surface area contributed by atoms with E-state index in [4.69, 9.17) is 4.74 Å². The molecule has 0 aliphatic carbocycles. The number of halogens is 3. The van der Waals surface area contributed by atoms with Crippen molar-refractivity contribution in [2.75, 3.05) is 18.4 Å². The first-order chi connectivity index (χ1) is 19.7. The lowest BCUT2D eigenvalue weighted by Gasteiger charge is -2.33. The molecule has 0 amide bonds. The van der Waals surface area contributed by atoms with Gasteiger partial charge in [-0.2, -0.15) is 4.39 Å². The third kappa shape index (κ3) is 6.81. The summed E-state index contributed by atoms with van der Waals surface area (Å²) in [6, 6.07) is 14.2. The number of rotatable bonds is 9. The summed E-state index contributed by atoms with van der Waals surface area (Å²) in [7, 11) is -3.12. The fourth-order valence-corrected chi connectivity index (χ4v) is 5.22. The zero-order valence-corrected chi connectivity index (χ0v) is 22.7. The zero-order chi connectivity index (χ0) is 29.0. The van der Waals surface area contributed by atoms with Crippen molar-refractivity contribution < 1.29 is 26.3 Å². The van der Waals surface area contributed by atoms with Crippen LogP contribution in [0.25, 0.3) is 11.3 Å². The topological polar surface area (TPSA) is 118 Å². The van der Waals surface area contributed by atoms with Gasteiger partial charge in [0.1, 0.15) is 5.67 Å². The van der Waals surface area contributed by atoms with Gasteiger partial charge in [0.25, 0.3) is 0 Å². The Hall–Kier alpha value is -4.07. The predicted octanol–water partition coefficient (Wildman–Crippen LogP) is 4.32. The molecule has 1 saturated heterocycles. The second kappa shape index (κ2) is 12.2. The van der Waals surface area contributed by atoms with E-state index < -0.39 is 40.0 Å². The molecule has 2 aromatic carbocycles. The molecular weight excluding hydrogens is 557 g/mol. The molecule has 3 atom stereocenters. The second-order valence-electron chi connectivity index (χ2n) is 9.82. The lowest BCUT2D eigenvalue weighted by molar-refractivity contribution is 0.137. The van der Waals surface area contributed by atoms with E-state index in [0.29, 0.717) is 23.4 Å². The fraction of sp³-hybridized carbons (Fsp3) is 0.250. The van der Waals surface area contributed by atoms with Crippen LogP contribution in [0, 0.1) is 11.6 Å². The summed E-state index contributed by atoms with van der Waals surface area (Å²) in [5.74, 6) is -2.81. The quantitative estimate of drug-likeness (QED) is 0.215. The van der Waals surface area contributed by atoms with Gasteiger partial charge in [0.05, 0.1) is 17.3 Å². The van der Waals surface area contributed by atoms with Crippen molar-refractivity contribution in [1.29, 1.82) is 0 Å². The molecule has 1 fully saturated rings. The van der Waals surface area contributed by atoms with Gasteiger partial charge in [-0.15, -0.1) is 0 Å². The highest BCUT2D eigenvalue weighted by atomic mass is 32.2. The van der Waals surface area contributed by atoms with Crippen LogP contribution in [0.3, 0.4) is 0 Å². The molecule has 0 spiro atoms. The molecule has 0 saturated carbocycles. The minimum absolute atomic E-state index is 0.0424. The van der Waals surface area contributed by atoms with E-state index in [2.05, 4.69) is 30.3 Å². The normalized spacial score (nSPS) is 19.6. The number of piperidine rings is 1. The lowest BCUT2D eigenvalue weighted by atomic mass is 9.95. The van der Waals surface area contributed by atoms with Crippen molar-refractivity contribution in [3.8, 4) is 22.9 Å². The summed E-state index contributed by atoms with van der Waals surface area (Å²) in [5, 5.41) is 6.18. The number of nitrogens with one attached hydrogen (secondary N) is 3. The zero-order valence-electron chi connectivity index (χ0n) is 21.9. The van der Waals surface area contributed by atoms with Crippen molar-refractivity contribution in [2.24, 2.45) is 0 Å². The Morgan fingerprint density at radius 1 is 1.02 bits per heavy atom. The van der Waals surface area contributed by atoms with Crippen molar-refractivity contribution in [1.82, 2.24) is 25.0 Å². The van der Waals surface area contributed by atoms with Crippen molar-refractivity contribution in [2.45, 2.75) is 31.1 Å². The number of aromatic nitrogens is 3. The Morgan fingerprint density at radius 2 is 1.83 bits per heavy atom. The third-order valence-corrected chi connectivity index (χ3v) is 7.02. The number of pyridine rings is 1. The van der Waals surface area contributed by atoms with Gasteiger partial charge in [-0.25, -0.2) is 36.9 Å². The summed E-state index contributed by atoms with van der Waals surface area (Å²) in [6.45, 7) is 2.34. The molecule has 1 aliphatic heterocycles. The van der Waals surface area contributed by atoms with Crippen LogP contribution in [0.4, 0.5) is 19.1 Å². The monoisotopic (exact) mass is 584 g/mol. The van der Waals surface area contributed by atoms with E-state index in [0.717, 1.165) is 0 Å². The molecule has 3 heterocycles. The van der Waals surface area contributed by atoms with Gasteiger partial charge < -0.3 is 15.4 Å². The van der Waals surface area contributed by atoms with Crippen LogP contribution in [0.15, 0.2) is 73.1 Å². The smallest absolute Gasteiger partial charge is 0.228 e. The van der Waals surface area contributed by atoms with E-state index in [1.54, 1.807) is 48.5 Å². The molecule has 1 unspecified atom stereocenters. The number of nitrogens with zero attached hydrogens (tertiary/aromatic N) is 3. The highest BCUT2D eigenvalue weighted by Crippen LogP contribution is 2.35. The van der Waals surface area contributed by atoms with E-state index in [1.807, 2.05) is 0 Å². The van der Waals surface area contributed by atoms with Crippen molar-refractivity contribution >= 4 is 16.8 Å². The molecule has 1 aliphatic rings. The Morgan fingerprint density at radius 3 is 2.59 bits per heavy atom. The maximum Gasteiger partial charge on any atom is 0.228 e. The first-order valence-corrected chi connectivity index (χ1v) is 13.9. The van der Waals surface area contributed by atoms with E-state index in [9.17, 15) is 12.8 Å². The standard InChI is InChI=1S/C28H27F3N6O3S/c1-28(31)14-18(15-32-16-28)35-27-34-13-11-21(36-27)19-8-5-12-33-26(19)40-22-10-9-20(23(29)24(22)30)25(37-41(38)39)17-6-3-2-4-7-17/h2-13,18,25,32,41H,14-16H2,1H3,(H,34,35,36)(H,37,38,39)/t18-,25?,28+/m0/s1. The molecule has 9 nitrogen and oxygen atoms in total. The maximum atomic E-state index is 15.3. The van der Waals surface area contributed by atoms with Crippen molar-refractivity contribution in [3.63, 3.8) is 0 Å². The largest absolute Gasteiger partial charge is 0.435 e. The minimum Gasteiger partial charge on any atom is -0.435 e. The summed E-state index contributed by atoms with van der Waals surface area (Å²) in [5.41, 5.74) is -0.376. The average Bonchev–Trinajstić information content (AvgIpc) is 2.95. The van der Waals surface area contributed by atoms with Gasteiger partial charge in [0.2, 0.25) is 28.5 Å². The Labute approximate surface area is 236 Å². The van der Waals surface area contributed by atoms with Crippen LogP contribution < -0.4 is 20.1 Å². The van der Waals surface area contributed by atoms with E-state index in [1.165, 1.54) is 31.5 Å². The number of alkyl halides is 1. The molecule has 13 heteroatoms. The molecule has 214 valence electrons. The van der Waals surface area contributed by atoms with E-state index >= 15 is 8.78 Å². The van der Waals surface area contributed by atoms with Crippen LogP contribution in [-0.4, -0.2) is 48.2 Å². The summed E-state index contributed by atoms with van der Waals surface area (Å²) < 4.78 is 75.9. The Kier molecular flexibility index (Phi) is 8.47. The summed E-state index contributed by atoms with van der Waals surface area (Å²) in [6.07, 6.45) is 3.22. The van der Waals surface area contributed by atoms with Gasteiger partial charge in [-0.1, -0.05) is 36.4 Å². The predicted molar refractivity (Wildman–Crippen MR) is 148 cm³/mol. The molecular formula is C28H27F3N6O3S. The second-order valence-corrected chi connectivity index (χ2v) is 10.6. The Balaban J connectivity index is 1.42. The van der Waals surface area contributed by atoms with Crippen LogP contribution in [0.1, 0.15) is 30.5 Å². The lowest BCUT2D eigenvalue weighted by Crippen LogP contribution is -2.50. The fourth-order valence-electron chi connectivity index (χ4n) is 4.72. The van der Waals surface area contributed by atoms with Gasteiger partial charge in [0, 0.05) is 43.5 Å². The highest BCUT2D eigenvalue weighted by Gasteiger charge is 2.32. The molecule has 0 radical (unpaired) electrons. The number of benzene rings is 2. The van der Waals surface area contributed by atoms with Gasteiger partial charge in [-0.05, 0) is 36.8 Å². The van der Waals surface area contributed by atoms with E-state index in [-0.39, 0.29) is 36.4 Å². The van der Waals surface area contributed by atoms with Gasteiger partial charge in [-0.3, -0.25) is 0 Å². The molecule has 2 aromatic heterocycles. The van der Waals surface area contributed by atoms with Crippen molar-refractivity contribution in [3.05, 3.63) is 95.8 Å². The molecule has 5 rings (SSSR count). The third-order valence-electron chi connectivity index (χ3n) is 6.55. The molecule has 3 N–H and O–H groups in total. The van der Waals surface area contributed by atoms with Crippen LogP contribution in [0.5, 0.6) is 11.6 Å². The maximum absolute atomic E-state index is 15.3. The number of thiol groups is 1. The minimum atomic E-state index is -3.12. The Bertz CT molecular complexity index is 1600. The number of anilines is 1. The summed E-state index contributed by atoms with van der Waals surface area (Å²) in [4.78, 5) is 12.9. The first kappa shape index (κ1) is 28.5. The first-order valence-electron chi connectivity index (χ1n) is 12.8. The van der Waals surface area contributed by atoms with Crippen LogP contribution in [0.2, 0.25) is 0 Å². The molecule has 41 heavy (non-hydrogen) atoms. The number of hydrogen-bond donors (Lipinski definition) is 4. The average molecular weight is 585 g/mol. The van der Waals surface area contributed by atoms with Gasteiger partial charge in [0.15, 0.2) is 11.6 Å². The highest BCUT2D eigenvalue weighted by molar-refractivity contribution is 7.70. The number of hydrogen-bond acceptors (Lipinski definition) is 8.